The summed E-state index contributed by atoms with van der Waals surface area (Å²) >= 11 is 6.09. The highest BCUT2D eigenvalue weighted by Crippen LogP contribution is 2.51. The first-order valence-electron chi connectivity index (χ1n) is 10.4. The van der Waals surface area contributed by atoms with E-state index >= 15 is 0 Å². The molecule has 6 heteroatoms. The Hall–Kier alpha value is -2.47. The molecule has 1 amide bonds. The van der Waals surface area contributed by atoms with Gasteiger partial charge in [-0.3, -0.25) is 14.7 Å². The summed E-state index contributed by atoms with van der Waals surface area (Å²) in [5.74, 6) is 0.192. The highest BCUT2D eigenvalue weighted by Gasteiger charge is 2.64. The number of carbonyl (C=O) groups excluding carboxylic acids is 1. The van der Waals surface area contributed by atoms with E-state index < -0.39 is 5.72 Å². The maximum Gasteiger partial charge on any atom is 0.227 e. The largest absolute Gasteiger partial charge is 0.351 e. The first kappa shape index (κ1) is 18.3. The minimum atomic E-state index is -0.498. The molecule has 3 fully saturated rings. The van der Waals surface area contributed by atoms with Crippen molar-refractivity contribution in [2.75, 3.05) is 13.2 Å². The van der Waals surface area contributed by atoms with Crippen molar-refractivity contribution in [3.63, 3.8) is 0 Å². The predicted octanol–water partition coefficient (Wildman–Crippen LogP) is 4.16. The fraction of sp³-hybridized carbons (Fsp3) is 0.333. The number of amides is 1. The van der Waals surface area contributed by atoms with E-state index in [9.17, 15) is 4.79 Å². The first-order chi connectivity index (χ1) is 14.6. The smallest absolute Gasteiger partial charge is 0.227 e. The van der Waals surface area contributed by atoms with Crippen LogP contribution in [0, 0.1) is 0 Å². The van der Waals surface area contributed by atoms with Gasteiger partial charge < -0.3 is 9.64 Å². The number of rotatable bonds is 3. The molecule has 1 aromatic heterocycles. The molecule has 6 rings (SSSR count). The molecule has 0 bridgehead atoms. The first-order valence-corrected chi connectivity index (χ1v) is 10.8. The molecule has 4 heterocycles. The molecule has 0 N–H and O–H groups in total. The summed E-state index contributed by atoms with van der Waals surface area (Å²) in [5.41, 5.74) is 2.60. The SMILES string of the molecule is O=C1C[C@H]2N(Cc3ccc4cc(Cl)ccc4n3)CC[C@]23OC[C@@H](c2ccccc2)N13. The predicted molar refractivity (Wildman–Crippen MR) is 115 cm³/mol. The Kier molecular flexibility index (Phi) is 4.13. The van der Waals surface area contributed by atoms with Gasteiger partial charge in [-0.1, -0.05) is 48.0 Å². The third kappa shape index (κ3) is 2.69. The number of fused-ring (bicyclic) bond motifs is 1. The van der Waals surface area contributed by atoms with Crippen LogP contribution in [0.5, 0.6) is 0 Å². The van der Waals surface area contributed by atoms with Gasteiger partial charge in [0, 0.05) is 36.3 Å². The maximum absolute atomic E-state index is 13.0. The third-order valence-corrected chi connectivity index (χ3v) is 7.06. The van der Waals surface area contributed by atoms with Gasteiger partial charge in [0.15, 0.2) is 5.72 Å². The molecule has 30 heavy (non-hydrogen) atoms. The van der Waals surface area contributed by atoms with Gasteiger partial charge in [-0.05, 0) is 29.8 Å². The Bertz CT molecular complexity index is 1140. The zero-order valence-corrected chi connectivity index (χ0v) is 17.3. The van der Waals surface area contributed by atoms with Crippen molar-refractivity contribution in [2.45, 2.75) is 37.2 Å². The second-order valence-corrected chi connectivity index (χ2v) is 8.86. The fourth-order valence-electron chi connectivity index (χ4n) is 5.47. The standard InChI is InChI=1S/C24H22ClN3O2/c25-18-7-9-20-17(12-18)6-8-19(26-20)14-27-11-10-24-22(27)13-23(29)28(24)21(15-30-24)16-4-2-1-3-5-16/h1-9,12,21-22H,10-11,13-15H2/t21-,22+,24-/m0/s1. The van der Waals surface area contributed by atoms with Gasteiger partial charge in [-0.15, -0.1) is 0 Å². The van der Waals surface area contributed by atoms with E-state index in [1.54, 1.807) is 0 Å². The number of halogens is 1. The molecule has 3 atom stereocenters. The van der Waals surface area contributed by atoms with E-state index in [2.05, 4.69) is 29.2 Å². The van der Waals surface area contributed by atoms with Crippen LogP contribution in [0.2, 0.25) is 5.02 Å². The quantitative estimate of drug-likeness (QED) is 0.639. The summed E-state index contributed by atoms with van der Waals surface area (Å²) in [6, 6.07) is 20.2. The number of aromatic nitrogens is 1. The summed E-state index contributed by atoms with van der Waals surface area (Å²) < 4.78 is 6.41. The molecule has 0 unspecified atom stereocenters. The topological polar surface area (TPSA) is 45.7 Å². The lowest BCUT2D eigenvalue weighted by Crippen LogP contribution is -2.48. The molecule has 0 aliphatic carbocycles. The van der Waals surface area contributed by atoms with Crippen molar-refractivity contribution in [3.05, 3.63) is 76.9 Å². The average molecular weight is 420 g/mol. The molecule has 3 aromatic rings. The number of likely N-dealkylation sites (tertiary alicyclic amines) is 1. The number of ether oxygens (including phenoxy) is 1. The van der Waals surface area contributed by atoms with Gasteiger partial charge in [0.25, 0.3) is 0 Å². The van der Waals surface area contributed by atoms with Crippen molar-refractivity contribution in [1.82, 2.24) is 14.8 Å². The zero-order valence-electron chi connectivity index (χ0n) is 16.5. The van der Waals surface area contributed by atoms with Gasteiger partial charge in [-0.25, -0.2) is 0 Å². The molecule has 3 aliphatic rings. The van der Waals surface area contributed by atoms with E-state index in [0.717, 1.165) is 40.1 Å². The summed E-state index contributed by atoms with van der Waals surface area (Å²) in [5, 5.41) is 1.76. The molecule has 0 radical (unpaired) electrons. The number of benzene rings is 2. The van der Waals surface area contributed by atoms with Gasteiger partial charge in [0.1, 0.15) is 0 Å². The van der Waals surface area contributed by atoms with Crippen LogP contribution < -0.4 is 0 Å². The summed E-state index contributed by atoms with van der Waals surface area (Å²) in [4.78, 5) is 22.3. The van der Waals surface area contributed by atoms with Crippen molar-refractivity contribution in [3.8, 4) is 0 Å². The summed E-state index contributed by atoms with van der Waals surface area (Å²) in [6.45, 7) is 2.18. The van der Waals surface area contributed by atoms with Crippen LogP contribution in [0.15, 0.2) is 60.7 Å². The average Bonchev–Trinajstić information content (AvgIpc) is 3.39. The molecule has 3 saturated heterocycles. The van der Waals surface area contributed by atoms with E-state index in [1.165, 1.54) is 0 Å². The lowest BCUT2D eigenvalue weighted by atomic mass is 10.0. The Morgan fingerprint density at radius 1 is 1.13 bits per heavy atom. The van der Waals surface area contributed by atoms with E-state index in [4.69, 9.17) is 21.3 Å². The highest BCUT2D eigenvalue weighted by atomic mass is 35.5. The van der Waals surface area contributed by atoms with Crippen molar-refractivity contribution in [1.29, 1.82) is 0 Å². The third-order valence-electron chi connectivity index (χ3n) is 6.82. The molecule has 2 aromatic carbocycles. The van der Waals surface area contributed by atoms with Crippen LogP contribution in [-0.2, 0) is 16.1 Å². The number of hydrogen-bond acceptors (Lipinski definition) is 4. The van der Waals surface area contributed by atoms with Crippen molar-refractivity contribution in [2.24, 2.45) is 0 Å². The molecule has 3 aliphatic heterocycles. The van der Waals surface area contributed by atoms with Crippen LogP contribution in [0.4, 0.5) is 0 Å². The second-order valence-electron chi connectivity index (χ2n) is 8.43. The maximum atomic E-state index is 13.0. The lowest BCUT2D eigenvalue weighted by molar-refractivity contribution is -0.138. The number of nitrogens with zero attached hydrogens (tertiary/aromatic N) is 3. The number of carbonyl (C=O) groups is 1. The van der Waals surface area contributed by atoms with Crippen molar-refractivity contribution < 1.29 is 9.53 Å². The Labute approximate surface area is 180 Å². The van der Waals surface area contributed by atoms with Gasteiger partial charge in [-0.2, -0.15) is 0 Å². The van der Waals surface area contributed by atoms with Gasteiger partial charge >= 0.3 is 0 Å². The van der Waals surface area contributed by atoms with Gasteiger partial charge in [0.2, 0.25) is 5.91 Å². The molecular weight excluding hydrogens is 398 g/mol. The zero-order chi connectivity index (χ0) is 20.3. The molecule has 1 spiro atoms. The lowest BCUT2D eigenvalue weighted by Gasteiger charge is -2.33. The molecule has 5 nitrogen and oxygen atoms in total. The van der Waals surface area contributed by atoms with Crippen LogP contribution in [-0.4, -0.2) is 45.6 Å². The number of hydrogen-bond donors (Lipinski definition) is 0. The molecular formula is C24H22ClN3O2. The summed E-state index contributed by atoms with van der Waals surface area (Å²) in [6.07, 6.45) is 1.35. The second kappa shape index (κ2) is 6.77. The Balaban J connectivity index is 1.27. The Morgan fingerprint density at radius 2 is 2.00 bits per heavy atom. The normalized spacial score (nSPS) is 28.3. The van der Waals surface area contributed by atoms with E-state index in [0.29, 0.717) is 19.6 Å². The molecule has 0 saturated carbocycles. The van der Waals surface area contributed by atoms with Crippen LogP contribution in [0.3, 0.4) is 0 Å². The van der Waals surface area contributed by atoms with E-state index in [-0.39, 0.29) is 18.0 Å². The van der Waals surface area contributed by atoms with Gasteiger partial charge in [0.05, 0.1) is 29.9 Å². The van der Waals surface area contributed by atoms with E-state index in [1.807, 2.05) is 41.3 Å². The minimum absolute atomic E-state index is 0.00666. The Morgan fingerprint density at radius 3 is 2.87 bits per heavy atom. The fourth-order valence-corrected chi connectivity index (χ4v) is 5.65. The molecule has 152 valence electrons. The summed E-state index contributed by atoms with van der Waals surface area (Å²) in [7, 11) is 0. The highest BCUT2D eigenvalue weighted by molar-refractivity contribution is 6.31. The van der Waals surface area contributed by atoms with Crippen LogP contribution in [0.1, 0.15) is 30.1 Å². The monoisotopic (exact) mass is 419 g/mol. The van der Waals surface area contributed by atoms with Crippen molar-refractivity contribution >= 4 is 28.4 Å². The minimum Gasteiger partial charge on any atom is -0.351 e. The van der Waals surface area contributed by atoms with Crippen LogP contribution in [0.25, 0.3) is 10.9 Å². The van der Waals surface area contributed by atoms with Crippen LogP contribution >= 0.6 is 11.6 Å². The number of pyridine rings is 1.